The van der Waals surface area contributed by atoms with Gasteiger partial charge in [0.05, 0.1) is 11.4 Å². The summed E-state index contributed by atoms with van der Waals surface area (Å²) in [5.74, 6) is 0.316. The van der Waals surface area contributed by atoms with E-state index in [4.69, 9.17) is 0 Å². The number of rotatable bonds is 7. The summed E-state index contributed by atoms with van der Waals surface area (Å²) in [5, 5.41) is 2.83. The third kappa shape index (κ3) is 5.39. The molecule has 0 spiro atoms. The van der Waals surface area contributed by atoms with Crippen LogP contribution in [0.4, 0.5) is 0 Å². The van der Waals surface area contributed by atoms with Crippen molar-refractivity contribution in [3.05, 3.63) is 29.8 Å². The molecule has 2 fully saturated rings. The number of sulfonamides is 1. The summed E-state index contributed by atoms with van der Waals surface area (Å²) in [7, 11) is -0.594. The molecule has 1 N–H and O–H groups in total. The molecule has 0 atom stereocenters. The summed E-state index contributed by atoms with van der Waals surface area (Å²) in [4.78, 5) is 29.1. The monoisotopic (exact) mass is 436 g/mol. The minimum atomic E-state index is -3.57. The zero-order valence-electron chi connectivity index (χ0n) is 17.8. The molecule has 1 saturated heterocycles. The number of nitrogens with one attached hydrogen (secondary N) is 1. The van der Waals surface area contributed by atoms with Gasteiger partial charge in [0.25, 0.3) is 0 Å². The Bertz CT molecular complexity index is 858. The van der Waals surface area contributed by atoms with Gasteiger partial charge in [-0.3, -0.25) is 14.5 Å². The van der Waals surface area contributed by atoms with E-state index in [1.807, 2.05) is 9.80 Å². The standard InChI is InChI=1S/C21H32N4O4S/c1-23(2)30(28,29)19-10-6-5-9-18(19)15-22-20(26)16-24-11-13-25(14-12-24)21(27)17-7-3-4-8-17/h5-6,9-10,17H,3-4,7-8,11-16H2,1-2H3,(H,22,26). The van der Waals surface area contributed by atoms with Crippen molar-refractivity contribution >= 4 is 21.8 Å². The van der Waals surface area contributed by atoms with E-state index in [0.29, 0.717) is 31.7 Å². The number of piperazine rings is 1. The van der Waals surface area contributed by atoms with Gasteiger partial charge < -0.3 is 10.2 Å². The van der Waals surface area contributed by atoms with Gasteiger partial charge in [0.1, 0.15) is 0 Å². The van der Waals surface area contributed by atoms with Crippen molar-refractivity contribution in [2.24, 2.45) is 5.92 Å². The second-order valence-corrected chi connectivity index (χ2v) is 10.4. The lowest BCUT2D eigenvalue weighted by atomic mass is 10.1. The van der Waals surface area contributed by atoms with Crippen LogP contribution in [-0.2, 0) is 26.2 Å². The van der Waals surface area contributed by atoms with Crippen LogP contribution in [0.3, 0.4) is 0 Å². The highest BCUT2D eigenvalue weighted by atomic mass is 32.2. The van der Waals surface area contributed by atoms with Gasteiger partial charge in [-0.2, -0.15) is 0 Å². The molecule has 1 aliphatic carbocycles. The van der Waals surface area contributed by atoms with Crippen LogP contribution in [0.15, 0.2) is 29.2 Å². The summed E-state index contributed by atoms with van der Waals surface area (Å²) in [6, 6.07) is 6.70. The molecule has 2 aliphatic rings. The van der Waals surface area contributed by atoms with Crippen LogP contribution < -0.4 is 5.32 Å². The van der Waals surface area contributed by atoms with Gasteiger partial charge in [0.2, 0.25) is 21.8 Å². The Balaban J connectivity index is 1.48. The summed E-state index contributed by atoms with van der Waals surface area (Å²) in [6.45, 7) is 3.07. The summed E-state index contributed by atoms with van der Waals surface area (Å²) in [5.41, 5.74) is 0.562. The molecule has 1 heterocycles. The maximum Gasteiger partial charge on any atom is 0.242 e. The second-order valence-electron chi connectivity index (χ2n) is 8.25. The molecule has 8 nitrogen and oxygen atoms in total. The third-order valence-electron chi connectivity index (χ3n) is 5.96. The molecule has 0 bridgehead atoms. The van der Waals surface area contributed by atoms with Crippen molar-refractivity contribution in [2.75, 3.05) is 46.8 Å². The molecule has 3 rings (SSSR count). The minimum Gasteiger partial charge on any atom is -0.351 e. The lowest BCUT2D eigenvalue weighted by Crippen LogP contribution is -2.52. The molecule has 0 unspecified atom stereocenters. The number of carbonyl (C=O) groups excluding carboxylic acids is 2. The van der Waals surface area contributed by atoms with E-state index in [2.05, 4.69) is 5.32 Å². The van der Waals surface area contributed by atoms with Crippen molar-refractivity contribution in [1.82, 2.24) is 19.4 Å². The van der Waals surface area contributed by atoms with Gasteiger partial charge in [0.15, 0.2) is 0 Å². The van der Waals surface area contributed by atoms with Gasteiger partial charge in [-0.1, -0.05) is 31.0 Å². The van der Waals surface area contributed by atoms with E-state index < -0.39 is 10.0 Å². The van der Waals surface area contributed by atoms with Crippen LogP contribution in [0, 0.1) is 5.92 Å². The lowest BCUT2D eigenvalue weighted by Gasteiger charge is -2.35. The minimum absolute atomic E-state index is 0.150. The molecule has 1 aliphatic heterocycles. The van der Waals surface area contributed by atoms with Crippen molar-refractivity contribution in [3.63, 3.8) is 0 Å². The fourth-order valence-electron chi connectivity index (χ4n) is 4.11. The van der Waals surface area contributed by atoms with Gasteiger partial charge in [-0.05, 0) is 24.5 Å². The van der Waals surface area contributed by atoms with E-state index in [-0.39, 0.29) is 35.7 Å². The molecule has 0 aromatic heterocycles. The Morgan fingerprint density at radius 2 is 1.70 bits per heavy atom. The topological polar surface area (TPSA) is 90.0 Å². The average Bonchev–Trinajstić information content (AvgIpc) is 3.27. The lowest BCUT2D eigenvalue weighted by molar-refractivity contribution is -0.137. The SMILES string of the molecule is CN(C)S(=O)(=O)c1ccccc1CNC(=O)CN1CCN(C(=O)C2CCCC2)CC1. The Hall–Kier alpha value is -1.97. The predicted molar refractivity (Wildman–Crippen MR) is 114 cm³/mol. The molecule has 30 heavy (non-hydrogen) atoms. The first kappa shape index (κ1) is 22.7. The normalized spacial score (nSPS) is 18.7. The summed E-state index contributed by atoms with van der Waals surface area (Å²) in [6.07, 6.45) is 4.31. The summed E-state index contributed by atoms with van der Waals surface area (Å²) < 4.78 is 26.1. The fraction of sp³-hybridized carbons (Fsp3) is 0.619. The fourth-order valence-corrected chi connectivity index (χ4v) is 5.22. The van der Waals surface area contributed by atoms with Gasteiger partial charge in [0, 0.05) is 52.7 Å². The maximum absolute atomic E-state index is 12.5. The van der Waals surface area contributed by atoms with Crippen LogP contribution in [-0.4, -0.2) is 81.2 Å². The number of carbonyl (C=O) groups is 2. The van der Waals surface area contributed by atoms with Crippen molar-refractivity contribution in [3.8, 4) is 0 Å². The third-order valence-corrected chi connectivity index (χ3v) is 7.88. The molecule has 1 aromatic carbocycles. The summed E-state index contributed by atoms with van der Waals surface area (Å²) >= 11 is 0. The van der Waals surface area contributed by atoms with Crippen molar-refractivity contribution in [2.45, 2.75) is 37.1 Å². The van der Waals surface area contributed by atoms with E-state index in [0.717, 1.165) is 25.7 Å². The highest BCUT2D eigenvalue weighted by Crippen LogP contribution is 2.27. The van der Waals surface area contributed by atoms with Crippen LogP contribution >= 0.6 is 0 Å². The molecule has 166 valence electrons. The Kier molecular flexibility index (Phi) is 7.49. The van der Waals surface area contributed by atoms with Gasteiger partial charge in [-0.25, -0.2) is 12.7 Å². The van der Waals surface area contributed by atoms with E-state index in [1.165, 1.54) is 18.4 Å². The highest BCUT2D eigenvalue weighted by Gasteiger charge is 2.29. The Labute approximate surface area is 179 Å². The van der Waals surface area contributed by atoms with Crippen molar-refractivity contribution in [1.29, 1.82) is 0 Å². The first-order chi connectivity index (χ1) is 14.3. The Morgan fingerprint density at radius 1 is 1.07 bits per heavy atom. The molecule has 1 aromatic rings. The van der Waals surface area contributed by atoms with Crippen LogP contribution in [0.5, 0.6) is 0 Å². The van der Waals surface area contributed by atoms with E-state index in [1.54, 1.807) is 24.3 Å². The maximum atomic E-state index is 12.5. The molecule has 9 heteroatoms. The zero-order chi connectivity index (χ0) is 21.7. The van der Waals surface area contributed by atoms with Gasteiger partial charge in [-0.15, -0.1) is 0 Å². The number of hydrogen-bond donors (Lipinski definition) is 1. The molecule has 1 saturated carbocycles. The van der Waals surface area contributed by atoms with Crippen molar-refractivity contribution < 1.29 is 18.0 Å². The average molecular weight is 437 g/mol. The first-order valence-corrected chi connectivity index (χ1v) is 12.0. The molecule has 2 amide bonds. The van der Waals surface area contributed by atoms with Crippen LogP contribution in [0.2, 0.25) is 0 Å². The Morgan fingerprint density at radius 3 is 2.33 bits per heavy atom. The highest BCUT2D eigenvalue weighted by molar-refractivity contribution is 7.89. The number of benzene rings is 1. The van der Waals surface area contributed by atoms with Gasteiger partial charge >= 0.3 is 0 Å². The largest absolute Gasteiger partial charge is 0.351 e. The molecular formula is C21H32N4O4S. The molecule has 0 radical (unpaired) electrons. The smallest absolute Gasteiger partial charge is 0.242 e. The number of amides is 2. The van der Waals surface area contributed by atoms with Crippen LogP contribution in [0.1, 0.15) is 31.2 Å². The molecular weight excluding hydrogens is 404 g/mol. The number of hydrogen-bond acceptors (Lipinski definition) is 5. The second kappa shape index (κ2) is 9.89. The first-order valence-electron chi connectivity index (χ1n) is 10.6. The predicted octanol–water partition coefficient (Wildman–Crippen LogP) is 0.888. The van der Waals surface area contributed by atoms with Crippen LogP contribution in [0.25, 0.3) is 0 Å². The zero-order valence-corrected chi connectivity index (χ0v) is 18.7. The number of nitrogens with zero attached hydrogens (tertiary/aromatic N) is 3. The van der Waals surface area contributed by atoms with E-state index in [9.17, 15) is 18.0 Å². The van der Waals surface area contributed by atoms with E-state index >= 15 is 0 Å². The quantitative estimate of drug-likeness (QED) is 0.686.